The van der Waals surface area contributed by atoms with Crippen LogP contribution in [0.5, 0.6) is 0 Å². The summed E-state index contributed by atoms with van der Waals surface area (Å²) in [5, 5.41) is 11.3. The molecule has 120 valence electrons. The first-order valence-electron chi connectivity index (χ1n) is 8.02. The molecule has 0 radical (unpaired) electrons. The Morgan fingerprint density at radius 3 is 2.67 bits per heavy atom. The van der Waals surface area contributed by atoms with E-state index in [1.165, 1.54) is 25.0 Å². The lowest BCUT2D eigenvalue weighted by atomic mass is 10.2. The van der Waals surface area contributed by atoms with Crippen molar-refractivity contribution in [1.82, 2.24) is 20.4 Å². The number of aromatic nitrogens is 2. The Labute approximate surface area is 129 Å². The van der Waals surface area contributed by atoms with E-state index in [9.17, 15) is 0 Å². The molecule has 2 N–H and O–H groups in total. The second-order valence-electron chi connectivity index (χ2n) is 5.80. The van der Waals surface area contributed by atoms with E-state index in [-0.39, 0.29) is 0 Å². The lowest BCUT2D eigenvalue weighted by Crippen LogP contribution is -2.40. The van der Waals surface area contributed by atoms with Gasteiger partial charge < -0.3 is 10.6 Å². The van der Waals surface area contributed by atoms with E-state index in [1.807, 2.05) is 14.0 Å². The maximum atomic E-state index is 4.51. The first kappa shape index (κ1) is 17.5. The highest BCUT2D eigenvalue weighted by atomic mass is 15.3. The van der Waals surface area contributed by atoms with E-state index in [0.29, 0.717) is 5.92 Å². The highest BCUT2D eigenvalue weighted by molar-refractivity contribution is 5.79. The van der Waals surface area contributed by atoms with Gasteiger partial charge in [0, 0.05) is 32.4 Å². The summed E-state index contributed by atoms with van der Waals surface area (Å²) in [7, 11) is 1.82. The predicted molar refractivity (Wildman–Crippen MR) is 89.8 cm³/mol. The molecule has 1 rings (SSSR count). The first-order valence-corrected chi connectivity index (χ1v) is 8.02. The second-order valence-corrected chi connectivity index (χ2v) is 5.80. The van der Waals surface area contributed by atoms with Crippen molar-refractivity contribution < 1.29 is 0 Å². The van der Waals surface area contributed by atoms with Crippen molar-refractivity contribution in [1.29, 1.82) is 0 Å². The number of aryl methyl sites for hydroxylation is 2. The molecule has 1 aromatic rings. The number of guanidine groups is 1. The molecule has 1 unspecified atom stereocenters. The third-order valence-corrected chi connectivity index (χ3v) is 3.50. The molecule has 21 heavy (non-hydrogen) atoms. The molecule has 0 saturated carbocycles. The molecule has 0 aliphatic heterocycles. The van der Waals surface area contributed by atoms with Crippen LogP contribution in [0.25, 0.3) is 0 Å². The Morgan fingerprint density at radius 2 is 2.10 bits per heavy atom. The zero-order chi connectivity index (χ0) is 15.7. The van der Waals surface area contributed by atoms with Crippen LogP contribution < -0.4 is 10.6 Å². The van der Waals surface area contributed by atoms with Gasteiger partial charge in [-0.15, -0.1) is 0 Å². The minimum absolute atomic E-state index is 0.497. The van der Waals surface area contributed by atoms with Crippen LogP contribution in [0.2, 0.25) is 0 Å². The van der Waals surface area contributed by atoms with Crippen molar-refractivity contribution in [3.8, 4) is 0 Å². The Morgan fingerprint density at radius 1 is 1.33 bits per heavy atom. The van der Waals surface area contributed by atoms with Crippen molar-refractivity contribution in [2.24, 2.45) is 10.9 Å². The smallest absolute Gasteiger partial charge is 0.190 e. The molecule has 1 aromatic heterocycles. The number of rotatable bonds is 8. The molecular weight excluding hydrogens is 262 g/mol. The molecule has 0 saturated heterocycles. The van der Waals surface area contributed by atoms with Gasteiger partial charge in [-0.1, -0.05) is 26.7 Å². The minimum atomic E-state index is 0.497. The maximum absolute atomic E-state index is 4.51. The lowest BCUT2D eigenvalue weighted by molar-refractivity contribution is 0.436. The summed E-state index contributed by atoms with van der Waals surface area (Å²) in [5.41, 5.74) is 2.31. The molecule has 0 aliphatic rings. The molecule has 0 spiro atoms. The van der Waals surface area contributed by atoms with Crippen LogP contribution in [-0.2, 0) is 6.54 Å². The third-order valence-electron chi connectivity index (χ3n) is 3.50. The average Bonchev–Trinajstić information content (AvgIpc) is 2.76. The van der Waals surface area contributed by atoms with Gasteiger partial charge in [0.1, 0.15) is 0 Å². The van der Waals surface area contributed by atoms with Gasteiger partial charge in [-0.2, -0.15) is 5.10 Å². The summed E-state index contributed by atoms with van der Waals surface area (Å²) in [6.45, 7) is 11.4. The van der Waals surface area contributed by atoms with E-state index >= 15 is 0 Å². The van der Waals surface area contributed by atoms with E-state index in [2.05, 4.69) is 52.2 Å². The monoisotopic (exact) mass is 293 g/mol. The molecule has 1 heterocycles. The molecule has 0 aromatic carbocycles. The van der Waals surface area contributed by atoms with Crippen LogP contribution in [0.3, 0.4) is 0 Å². The minimum Gasteiger partial charge on any atom is -0.356 e. The largest absolute Gasteiger partial charge is 0.356 e. The summed E-state index contributed by atoms with van der Waals surface area (Å²) < 4.78 is 2.08. The van der Waals surface area contributed by atoms with Gasteiger partial charge in [-0.3, -0.25) is 9.67 Å². The van der Waals surface area contributed by atoms with Gasteiger partial charge in [0.05, 0.1) is 5.69 Å². The SMILES string of the molecule is CCCCCNC(=NC)NCC(C)Cn1nc(C)cc1C. The van der Waals surface area contributed by atoms with Crippen molar-refractivity contribution in [2.75, 3.05) is 20.1 Å². The summed E-state index contributed by atoms with van der Waals surface area (Å²) >= 11 is 0. The van der Waals surface area contributed by atoms with Crippen molar-refractivity contribution in [3.63, 3.8) is 0 Å². The van der Waals surface area contributed by atoms with Gasteiger partial charge in [-0.25, -0.2) is 0 Å². The zero-order valence-corrected chi connectivity index (χ0v) is 14.2. The van der Waals surface area contributed by atoms with Crippen molar-refractivity contribution in [2.45, 2.75) is 53.5 Å². The van der Waals surface area contributed by atoms with Gasteiger partial charge in [0.2, 0.25) is 0 Å². The number of unbranched alkanes of at least 4 members (excludes halogenated alkanes) is 2. The molecule has 5 heteroatoms. The standard InChI is InChI=1S/C16H31N5/c1-6-7-8-9-18-16(17-5)19-11-13(2)12-21-15(4)10-14(3)20-21/h10,13H,6-9,11-12H2,1-5H3,(H2,17,18,19). The highest BCUT2D eigenvalue weighted by Gasteiger charge is 2.08. The number of aliphatic imine (C=N–C) groups is 1. The van der Waals surface area contributed by atoms with Crippen LogP contribution >= 0.6 is 0 Å². The second kappa shape index (κ2) is 9.42. The molecular formula is C16H31N5. The topological polar surface area (TPSA) is 54.2 Å². The number of nitrogens with one attached hydrogen (secondary N) is 2. The van der Waals surface area contributed by atoms with E-state index in [4.69, 9.17) is 0 Å². The summed E-state index contributed by atoms with van der Waals surface area (Å²) in [5.74, 6) is 1.39. The first-order chi connectivity index (χ1) is 10.1. The normalized spacial score (nSPS) is 13.3. The molecule has 5 nitrogen and oxygen atoms in total. The van der Waals surface area contributed by atoms with Crippen LogP contribution in [0.4, 0.5) is 0 Å². The van der Waals surface area contributed by atoms with Crippen LogP contribution in [0.1, 0.15) is 44.5 Å². The molecule has 0 amide bonds. The predicted octanol–water partition coefficient (Wildman–Crippen LogP) is 2.49. The van der Waals surface area contributed by atoms with Gasteiger partial charge in [0.25, 0.3) is 0 Å². The van der Waals surface area contributed by atoms with Gasteiger partial charge in [0.15, 0.2) is 5.96 Å². The third kappa shape index (κ3) is 6.65. The Balaban J connectivity index is 2.30. The Kier molecular flexibility index (Phi) is 7.87. The number of nitrogens with zero attached hydrogens (tertiary/aromatic N) is 3. The summed E-state index contributed by atoms with van der Waals surface area (Å²) in [6.07, 6.45) is 3.70. The van der Waals surface area contributed by atoms with Crippen molar-refractivity contribution in [3.05, 3.63) is 17.5 Å². The fourth-order valence-electron chi connectivity index (χ4n) is 2.29. The van der Waals surface area contributed by atoms with Crippen molar-refractivity contribution >= 4 is 5.96 Å². The number of hydrogen-bond donors (Lipinski definition) is 2. The van der Waals surface area contributed by atoms with Crippen LogP contribution in [0.15, 0.2) is 11.1 Å². The molecule has 0 fully saturated rings. The maximum Gasteiger partial charge on any atom is 0.190 e. The van der Waals surface area contributed by atoms with E-state index < -0.39 is 0 Å². The molecule has 0 bridgehead atoms. The summed E-state index contributed by atoms with van der Waals surface area (Å²) in [6, 6.07) is 2.12. The van der Waals surface area contributed by atoms with Gasteiger partial charge >= 0.3 is 0 Å². The zero-order valence-electron chi connectivity index (χ0n) is 14.2. The van der Waals surface area contributed by atoms with Crippen LogP contribution in [-0.4, -0.2) is 35.9 Å². The van der Waals surface area contributed by atoms with E-state index in [1.54, 1.807) is 0 Å². The highest BCUT2D eigenvalue weighted by Crippen LogP contribution is 2.05. The molecule has 0 aliphatic carbocycles. The van der Waals surface area contributed by atoms with Gasteiger partial charge in [-0.05, 0) is 32.3 Å². The fourth-order valence-corrected chi connectivity index (χ4v) is 2.29. The van der Waals surface area contributed by atoms with E-state index in [0.717, 1.165) is 31.3 Å². The average molecular weight is 293 g/mol. The van der Waals surface area contributed by atoms with Crippen LogP contribution in [0, 0.1) is 19.8 Å². The molecule has 1 atom stereocenters. The Hall–Kier alpha value is -1.52. The lowest BCUT2D eigenvalue weighted by Gasteiger charge is -2.16. The quantitative estimate of drug-likeness (QED) is 0.440. The fraction of sp³-hybridized carbons (Fsp3) is 0.750. The number of hydrogen-bond acceptors (Lipinski definition) is 2. The Bertz CT molecular complexity index is 436. The summed E-state index contributed by atoms with van der Waals surface area (Å²) in [4.78, 5) is 4.26.